The summed E-state index contributed by atoms with van der Waals surface area (Å²) < 4.78 is 5.38. The molecule has 1 aliphatic heterocycles. The number of carbonyl (C=O) groups is 2. The Hall–Kier alpha value is -2.82. The summed E-state index contributed by atoms with van der Waals surface area (Å²) >= 11 is 0. The normalized spacial score (nSPS) is 19.6. The summed E-state index contributed by atoms with van der Waals surface area (Å²) in [5, 5.41) is 9.88. The van der Waals surface area contributed by atoms with Gasteiger partial charge in [-0.2, -0.15) is 0 Å². The highest BCUT2D eigenvalue weighted by Gasteiger charge is 2.50. The topological polar surface area (TPSA) is 66.8 Å². The van der Waals surface area contributed by atoms with Gasteiger partial charge in [0.15, 0.2) is 0 Å². The Morgan fingerprint density at radius 3 is 2.20 bits per heavy atom. The highest BCUT2D eigenvalue weighted by molar-refractivity contribution is 5.85. The molecule has 5 nitrogen and oxygen atoms in total. The zero-order valence-corrected chi connectivity index (χ0v) is 13.9. The molecule has 1 amide bonds. The molecule has 0 spiro atoms. The minimum atomic E-state index is -1.24. The molecule has 2 aromatic rings. The maximum absolute atomic E-state index is 12.6. The van der Waals surface area contributed by atoms with Crippen LogP contribution < -0.4 is 0 Å². The fraction of sp³-hybridized carbons (Fsp3) is 0.300. The molecule has 0 bridgehead atoms. The van der Waals surface area contributed by atoms with Gasteiger partial charge in [-0.1, -0.05) is 60.7 Å². The lowest BCUT2D eigenvalue weighted by Crippen LogP contribution is -2.54. The summed E-state index contributed by atoms with van der Waals surface area (Å²) in [4.78, 5) is 26.0. The van der Waals surface area contributed by atoms with Gasteiger partial charge in [0.1, 0.15) is 12.1 Å². The van der Waals surface area contributed by atoms with Crippen LogP contribution >= 0.6 is 0 Å². The smallest absolute Gasteiger partial charge is 0.411 e. The van der Waals surface area contributed by atoms with Crippen LogP contribution in [0.3, 0.4) is 0 Å². The number of nitrogens with zero attached hydrogens (tertiary/aromatic N) is 1. The molecular weight excluding hydrogens is 318 g/mol. The highest BCUT2D eigenvalue weighted by Crippen LogP contribution is 2.34. The van der Waals surface area contributed by atoms with E-state index < -0.39 is 17.6 Å². The van der Waals surface area contributed by atoms with Crippen LogP contribution in [0.5, 0.6) is 0 Å². The highest BCUT2D eigenvalue weighted by atomic mass is 16.6. The SMILES string of the molecule is O=C(OCc1ccccc1)N1CCCC1(Cc1ccccc1)C(=O)O. The first-order valence-corrected chi connectivity index (χ1v) is 8.37. The summed E-state index contributed by atoms with van der Waals surface area (Å²) in [6, 6.07) is 18.8. The number of rotatable bonds is 5. The summed E-state index contributed by atoms with van der Waals surface area (Å²) in [5.74, 6) is -0.981. The van der Waals surface area contributed by atoms with E-state index in [0.717, 1.165) is 11.1 Å². The molecule has 1 N–H and O–H groups in total. The number of ether oxygens (including phenoxy) is 1. The van der Waals surface area contributed by atoms with E-state index in [9.17, 15) is 14.7 Å². The third kappa shape index (κ3) is 3.65. The van der Waals surface area contributed by atoms with E-state index in [0.29, 0.717) is 19.4 Å². The van der Waals surface area contributed by atoms with Gasteiger partial charge in [-0.05, 0) is 24.0 Å². The Morgan fingerprint density at radius 2 is 1.60 bits per heavy atom. The largest absolute Gasteiger partial charge is 0.479 e. The quantitative estimate of drug-likeness (QED) is 0.905. The van der Waals surface area contributed by atoms with Crippen LogP contribution in [0.25, 0.3) is 0 Å². The molecule has 1 unspecified atom stereocenters. The molecule has 0 aromatic heterocycles. The van der Waals surface area contributed by atoms with Crippen molar-refractivity contribution >= 4 is 12.1 Å². The van der Waals surface area contributed by atoms with E-state index >= 15 is 0 Å². The van der Waals surface area contributed by atoms with Gasteiger partial charge in [-0.25, -0.2) is 9.59 Å². The number of likely N-dealkylation sites (tertiary alicyclic amines) is 1. The van der Waals surface area contributed by atoms with Crippen molar-refractivity contribution in [1.82, 2.24) is 4.90 Å². The molecule has 0 aliphatic carbocycles. The van der Waals surface area contributed by atoms with Gasteiger partial charge >= 0.3 is 12.1 Å². The van der Waals surface area contributed by atoms with Gasteiger partial charge < -0.3 is 9.84 Å². The molecular formula is C20H21NO4. The molecule has 0 saturated carbocycles. The Morgan fingerprint density at radius 1 is 1.00 bits per heavy atom. The number of aliphatic carboxylic acids is 1. The number of carboxylic acids is 1. The van der Waals surface area contributed by atoms with Crippen molar-refractivity contribution < 1.29 is 19.4 Å². The van der Waals surface area contributed by atoms with Gasteiger partial charge in [0.05, 0.1) is 0 Å². The number of hydrogen-bond donors (Lipinski definition) is 1. The summed E-state index contributed by atoms with van der Waals surface area (Å²) in [6.07, 6.45) is 0.792. The van der Waals surface area contributed by atoms with Crippen molar-refractivity contribution in [3.8, 4) is 0 Å². The maximum atomic E-state index is 12.6. The first kappa shape index (κ1) is 17.0. The Balaban J connectivity index is 1.76. The lowest BCUT2D eigenvalue weighted by Gasteiger charge is -2.34. The van der Waals surface area contributed by atoms with Crippen molar-refractivity contribution in [1.29, 1.82) is 0 Å². The maximum Gasteiger partial charge on any atom is 0.411 e. The van der Waals surface area contributed by atoms with Crippen molar-refractivity contribution in [2.75, 3.05) is 6.54 Å². The lowest BCUT2D eigenvalue weighted by atomic mass is 9.88. The van der Waals surface area contributed by atoms with Crippen LogP contribution in [-0.2, 0) is 22.6 Å². The number of amides is 1. The fourth-order valence-electron chi connectivity index (χ4n) is 3.36. The predicted molar refractivity (Wildman–Crippen MR) is 93.1 cm³/mol. The van der Waals surface area contributed by atoms with Crippen molar-refractivity contribution in [2.45, 2.75) is 31.4 Å². The van der Waals surface area contributed by atoms with Gasteiger partial charge in [0.25, 0.3) is 0 Å². The Bertz CT molecular complexity index is 732. The molecule has 0 radical (unpaired) electrons. The minimum absolute atomic E-state index is 0.136. The number of hydrogen-bond acceptors (Lipinski definition) is 3. The van der Waals surface area contributed by atoms with Gasteiger partial charge in [0, 0.05) is 13.0 Å². The zero-order valence-electron chi connectivity index (χ0n) is 13.9. The molecule has 130 valence electrons. The first-order valence-electron chi connectivity index (χ1n) is 8.37. The third-order valence-electron chi connectivity index (χ3n) is 4.65. The lowest BCUT2D eigenvalue weighted by molar-refractivity contribution is -0.148. The average Bonchev–Trinajstić information content (AvgIpc) is 3.06. The number of carboxylic acid groups (broad SMARTS) is 1. The number of benzene rings is 2. The van der Waals surface area contributed by atoms with Crippen molar-refractivity contribution in [3.63, 3.8) is 0 Å². The van der Waals surface area contributed by atoms with Crippen LogP contribution in [-0.4, -0.2) is 34.2 Å². The second-order valence-electron chi connectivity index (χ2n) is 6.29. The molecule has 1 atom stereocenters. The fourth-order valence-corrected chi connectivity index (χ4v) is 3.36. The summed E-state index contributed by atoms with van der Waals surface area (Å²) in [7, 11) is 0. The monoisotopic (exact) mass is 339 g/mol. The second-order valence-corrected chi connectivity index (χ2v) is 6.29. The summed E-state index contributed by atoms with van der Waals surface area (Å²) in [6.45, 7) is 0.532. The standard InChI is InChI=1S/C20H21NO4/c22-18(23)20(14-16-8-3-1-4-9-16)12-7-13-21(20)19(24)25-15-17-10-5-2-6-11-17/h1-6,8-11H,7,12-15H2,(H,22,23). The van der Waals surface area contributed by atoms with E-state index in [2.05, 4.69) is 0 Å². The molecule has 25 heavy (non-hydrogen) atoms. The molecule has 2 aromatic carbocycles. The van der Waals surface area contributed by atoms with E-state index in [4.69, 9.17) is 4.74 Å². The van der Waals surface area contributed by atoms with E-state index in [1.54, 1.807) is 0 Å². The van der Waals surface area contributed by atoms with Gasteiger partial charge in [-0.3, -0.25) is 4.90 Å². The van der Waals surface area contributed by atoms with Crippen LogP contribution in [0.15, 0.2) is 60.7 Å². The van der Waals surface area contributed by atoms with Gasteiger partial charge in [-0.15, -0.1) is 0 Å². The first-order chi connectivity index (χ1) is 12.1. The molecule has 1 saturated heterocycles. The Labute approximate surface area is 146 Å². The third-order valence-corrected chi connectivity index (χ3v) is 4.65. The Kier molecular flexibility index (Phi) is 5.03. The van der Waals surface area contributed by atoms with Crippen LogP contribution in [0.1, 0.15) is 24.0 Å². The molecule has 1 fully saturated rings. The van der Waals surface area contributed by atoms with Crippen LogP contribution in [0.4, 0.5) is 4.79 Å². The number of carbonyl (C=O) groups excluding carboxylic acids is 1. The molecule has 1 aliphatic rings. The van der Waals surface area contributed by atoms with E-state index in [1.165, 1.54) is 4.90 Å². The van der Waals surface area contributed by atoms with E-state index in [-0.39, 0.29) is 13.0 Å². The summed E-state index contributed by atoms with van der Waals surface area (Å²) in [5.41, 5.74) is 0.529. The predicted octanol–water partition coefficient (Wildman–Crippen LogP) is 3.49. The van der Waals surface area contributed by atoms with Crippen LogP contribution in [0.2, 0.25) is 0 Å². The molecule has 5 heteroatoms. The minimum Gasteiger partial charge on any atom is -0.479 e. The van der Waals surface area contributed by atoms with Crippen LogP contribution in [0, 0.1) is 0 Å². The van der Waals surface area contributed by atoms with Crippen molar-refractivity contribution in [3.05, 3.63) is 71.8 Å². The second kappa shape index (κ2) is 7.38. The van der Waals surface area contributed by atoms with Crippen molar-refractivity contribution in [2.24, 2.45) is 0 Å². The zero-order chi connectivity index (χ0) is 17.7. The average molecular weight is 339 g/mol. The van der Waals surface area contributed by atoms with E-state index in [1.807, 2.05) is 60.7 Å². The molecule has 3 rings (SSSR count). The van der Waals surface area contributed by atoms with Gasteiger partial charge in [0.2, 0.25) is 0 Å². The molecule has 1 heterocycles.